The fourth-order valence-electron chi connectivity index (χ4n) is 1.85. The van der Waals surface area contributed by atoms with Crippen LogP contribution in [0.15, 0.2) is 28.6 Å². The highest BCUT2D eigenvalue weighted by molar-refractivity contribution is 8.01. The molecular weight excluding hydrogens is 374 g/mol. The van der Waals surface area contributed by atoms with Crippen molar-refractivity contribution in [1.29, 1.82) is 0 Å². The third-order valence-corrected chi connectivity index (χ3v) is 4.94. The molecule has 0 fully saturated rings. The summed E-state index contributed by atoms with van der Waals surface area (Å²) in [6.45, 7) is 3.70. The standard InChI is InChI=1S/C16H21N5O3S2/c1-10(2)18-13(22)8-17-14(23)9-25-16-21-20-15(26-16)19-11-4-6-12(24-3)7-5-11/h4-7,10H,8-9H2,1-3H3,(H,17,23)(H,18,22)(H,19,20). The maximum atomic E-state index is 11.8. The van der Waals surface area contributed by atoms with E-state index >= 15 is 0 Å². The van der Waals surface area contributed by atoms with E-state index in [9.17, 15) is 9.59 Å². The maximum absolute atomic E-state index is 11.8. The summed E-state index contributed by atoms with van der Waals surface area (Å²) in [5.41, 5.74) is 0.868. The molecular formula is C16H21N5O3S2. The van der Waals surface area contributed by atoms with Crippen LogP contribution in [0.4, 0.5) is 10.8 Å². The molecule has 0 saturated heterocycles. The van der Waals surface area contributed by atoms with Gasteiger partial charge in [-0.25, -0.2) is 0 Å². The van der Waals surface area contributed by atoms with Crippen LogP contribution in [0, 0.1) is 0 Å². The van der Waals surface area contributed by atoms with Gasteiger partial charge in [-0.15, -0.1) is 10.2 Å². The van der Waals surface area contributed by atoms with Gasteiger partial charge >= 0.3 is 0 Å². The molecule has 3 N–H and O–H groups in total. The van der Waals surface area contributed by atoms with E-state index in [4.69, 9.17) is 4.74 Å². The molecule has 140 valence electrons. The predicted molar refractivity (Wildman–Crippen MR) is 103 cm³/mol. The first-order valence-electron chi connectivity index (χ1n) is 7.89. The second-order valence-corrected chi connectivity index (χ2v) is 7.71. The van der Waals surface area contributed by atoms with E-state index in [0.29, 0.717) is 9.47 Å². The van der Waals surface area contributed by atoms with Crippen molar-refractivity contribution < 1.29 is 14.3 Å². The number of nitrogens with zero attached hydrogens (tertiary/aromatic N) is 2. The average Bonchev–Trinajstić information content (AvgIpc) is 3.05. The van der Waals surface area contributed by atoms with Crippen LogP contribution in [0.25, 0.3) is 0 Å². The van der Waals surface area contributed by atoms with E-state index in [0.717, 1.165) is 11.4 Å². The van der Waals surface area contributed by atoms with Crippen LogP contribution in [-0.4, -0.2) is 47.5 Å². The number of benzene rings is 1. The molecule has 8 nitrogen and oxygen atoms in total. The lowest BCUT2D eigenvalue weighted by Crippen LogP contribution is -2.40. The molecule has 1 aromatic heterocycles. The second kappa shape index (κ2) is 9.97. The van der Waals surface area contributed by atoms with E-state index < -0.39 is 0 Å². The molecule has 2 rings (SSSR count). The summed E-state index contributed by atoms with van der Waals surface area (Å²) in [6, 6.07) is 7.50. The fourth-order valence-corrected chi connectivity index (χ4v) is 3.45. The molecule has 0 spiro atoms. The molecule has 0 aliphatic rings. The smallest absolute Gasteiger partial charge is 0.239 e. The third-order valence-electron chi connectivity index (χ3n) is 2.97. The first-order valence-corrected chi connectivity index (χ1v) is 9.70. The lowest BCUT2D eigenvalue weighted by Gasteiger charge is -2.08. The highest BCUT2D eigenvalue weighted by Crippen LogP contribution is 2.28. The van der Waals surface area contributed by atoms with Gasteiger partial charge in [0.05, 0.1) is 19.4 Å². The Morgan fingerprint density at radius 1 is 1.19 bits per heavy atom. The van der Waals surface area contributed by atoms with Crippen molar-refractivity contribution in [3.8, 4) is 5.75 Å². The van der Waals surface area contributed by atoms with Gasteiger partial charge in [0.2, 0.25) is 16.9 Å². The van der Waals surface area contributed by atoms with Crippen LogP contribution in [0.2, 0.25) is 0 Å². The first kappa shape index (κ1) is 20.0. The Balaban J connectivity index is 1.75. The minimum absolute atomic E-state index is 0.0298. The number of hydrogen-bond donors (Lipinski definition) is 3. The van der Waals surface area contributed by atoms with Gasteiger partial charge in [0.25, 0.3) is 0 Å². The SMILES string of the molecule is COc1ccc(Nc2nnc(SCC(=O)NCC(=O)NC(C)C)s2)cc1. The van der Waals surface area contributed by atoms with Crippen molar-refractivity contribution in [2.45, 2.75) is 24.2 Å². The number of amides is 2. The Morgan fingerprint density at radius 2 is 1.92 bits per heavy atom. The van der Waals surface area contributed by atoms with Gasteiger partial charge in [-0.2, -0.15) is 0 Å². The minimum atomic E-state index is -0.228. The molecule has 0 aliphatic heterocycles. The van der Waals surface area contributed by atoms with E-state index in [2.05, 4.69) is 26.1 Å². The van der Waals surface area contributed by atoms with Crippen LogP contribution >= 0.6 is 23.1 Å². The van der Waals surface area contributed by atoms with Crippen LogP contribution in [0.1, 0.15) is 13.8 Å². The molecule has 0 atom stereocenters. The number of hydrogen-bond acceptors (Lipinski definition) is 8. The maximum Gasteiger partial charge on any atom is 0.239 e. The van der Waals surface area contributed by atoms with E-state index in [-0.39, 0.29) is 30.2 Å². The minimum Gasteiger partial charge on any atom is -0.497 e. The fraction of sp³-hybridized carbons (Fsp3) is 0.375. The molecule has 1 heterocycles. The lowest BCUT2D eigenvalue weighted by molar-refractivity contribution is -0.125. The van der Waals surface area contributed by atoms with Gasteiger partial charge in [-0.1, -0.05) is 23.1 Å². The Bertz CT molecular complexity index is 734. The van der Waals surface area contributed by atoms with E-state index in [1.54, 1.807) is 7.11 Å². The van der Waals surface area contributed by atoms with Crippen LogP contribution in [-0.2, 0) is 9.59 Å². The number of rotatable bonds is 9. The Hall–Kier alpha value is -2.33. The Labute approximate surface area is 160 Å². The topological polar surface area (TPSA) is 105 Å². The number of thioether (sulfide) groups is 1. The molecule has 2 amide bonds. The summed E-state index contributed by atoms with van der Waals surface area (Å²) >= 11 is 2.62. The lowest BCUT2D eigenvalue weighted by atomic mass is 10.3. The number of ether oxygens (including phenoxy) is 1. The summed E-state index contributed by atoms with van der Waals surface area (Å²) in [4.78, 5) is 23.3. The van der Waals surface area contributed by atoms with Crippen LogP contribution in [0.3, 0.4) is 0 Å². The van der Waals surface area contributed by atoms with Crippen LogP contribution in [0.5, 0.6) is 5.75 Å². The average molecular weight is 396 g/mol. The van der Waals surface area contributed by atoms with Crippen molar-refractivity contribution in [1.82, 2.24) is 20.8 Å². The summed E-state index contributed by atoms with van der Waals surface area (Å²) in [5.74, 6) is 0.512. The highest BCUT2D eigenvalue weighted by Gasteiger charge is 2.10. The number of nitrogens with one attached hydrogen (secondary N) is 3. The van der Waals surface area contributed by atoms with Gasteiger partial charge in [-0.3, -0.25) is 9.59 Å². The van der Waals surface area contributed by atoms with E-state index in [1.807, 2.05) is 38.1 Å². The first-order chi connectivity index (χ1) is 12.5. The molecule has 1 aromatic carbocycles. The molecule has 0 aliphatic carbocycles. The van der Waals surface area contributed by atoms with Gasteiger partial charge in [0, 0.05) is 11.7 Å². The largest absolute Gasteiger partial charge is 0.497 e. The van der Waals surface area contributed by atoms with Crippen molar-refractivity contribution in [2.24, 2.45) is 0 Å². The normalized spacial score (nSPS) is 10.5. The van der Waals surface area contributed by atoms with E-state index in [1.165, 1.54) is 23.1 Å². The third kappa shape index (κ3) is 6.89. The summed E-state index contributed by atoms with van der Waals surface area (Å²) in [6.07, 6.45) is 0. The Morgan fingerprint density at radius 3 is 2.58 bits per heavy atom. The monoisotopic (exact) mass is 395 g/mol. The summed E-state index contributed by atoms with van der Waals surface area (Å²) < 4.78 is 5.78. The number of anilines is 2. The van der Waals surface area contributed by atoms with Crippen molar-refractivity contribution in [3.05, 3.63) is 24.3 Å². The number of carbonyl (C=O) groups is 2. The molecule has 0 saturated carbocycles. The molecule has 0 unspecified atom stereocenters. The molecule has 0 bridgehead atoms. The molecule has 0 radical (unpaired) electrons. The molecule has 26 heavy (non-hydrogen) atoms. The van der Waals surface area contributed by atoms with Crippen molar-refractivity contribution >= 4 is 45.7 Å². The zero-order valence-corrected chi connectivity index (χ0v) is 16.4. The zero-order valence-electron chi connectivity index (χ0n) is 14.7. The van der Waals surface area contributed by atoms with Gasteiger partial charge in [0.15, 0.2) is 4.34 Å². The quantitative estimate of drug-likeness (QED) is 0.558. The highest BCUT2D eigenvalue weighted by atomic mass is 32.2. The van der Waals surface area contributed by atoms with Gasteiger partial charge < -0.3 is 20.7 Å². The van der Waals surface area contributed by atoms with Crippen LogP contribution < -0.4 is 20.7 Å². The second-order valence-electron chi connectivity index (χ2n) is 5.51. The summed E-state index contributed by atoms with van der Waals surface area (Å²) in [7, 11) is 1.61. The number of methoxy groups -OCH3 is 1. The van der Waals surface area contributed by atoms with Crippen molar-refractivity contribution in [2.75, 3.05) is 24.7 Å². The summed E-state index contributed by atoms with van der Waals surface area (Å²) in [5, 5.41) is 17.1. The number of aromatic nitrogens is 2. The zero-order chi connectivity index (χ0) is 18.9. The predicted octanol–water partition coefficient (Wildman–Crippen LogP) is 2.02. The van der Waals surface area contributed by atoms with Crippen molar-refractivity contribution in [3.63, 3.8) is 0 Å². The molecule has 2 aromatic rings. The van der Waals surface area contributed by atoms with Gasteiger partial charge in [-0.05, 0) is 38.1 Å². The number of carbonyl (C=O) groups excluding carboxylic acids is 2. The Kier molecular flexibility index (Phi) is 7.67. The molecule has 10 heteroatoms. The van der Waals surface area contributed by atoms with Gasteiger partial charge in [0.1, 0.15) is 5.75 Å².